The highest BCUT2D eigenvalue weighted by molar-refractivity contribution is 7.92. The molecule has 1 fully saturated rings. The molecule has 0 saturated carbocycles. The number of halogens is 1. The lowest BCUT2D eigenvalue weighted by Gasteiger charge is -2.38. The van der Waals surface area contributed by atoms with Crippen molar-refractivity contribution in [3.63, 3.8) is 0 Å². The van der Waals surface area contributed by atoms with Gasteiger partial charge in [-0.1, -0.05) is 30.3 Å². The van der Waals surface area contributed by atoms with Crippen LogP contribution in [0.3, 0.4) is 0 Å². The Morgan fingerprint density at radius 3 is 2.27 bits per heavy atom. The number of nitrogens with one attached hydrogen (secondary N) is 1. The zero-order chi connectivity index (χ0) is 26.3. The Morgan fingerprint density at radius 1 is 1.00 bits per heavy atom. The van der Waals surface area contributed by atoms with Gasteiger partial charge in [-0.25, -0.2) is 12.8 Å². The highest BCUT2D eigenvalue weighted by atomic mass is 32.2. The number of sulfonamides is 1. The monoisotopic (exact) mass is 526 g/mol. The van der Waals surface area contributed by atoms with Crippen LogP contribution in [0, 0.1) is 5.82 Å². The summed E-state index contributed by atoms with van der Waals surface area (Å²) in [5.41, 5.74) is 0.995. The summed E-state index contributed by atoms with van der Waals surface area (Å²) < 4.78 is 52.8. The molecular formula is C28H31FN2O5S. The number of carbonyl (C=O) groups is 1. The van der Waals surface area contributed by atoms with Gasteiger partial charge in [0.05, 0.1) is 17.2 Å². The summed E-state index contributed by atoms with van der Waals surface area (Å²) in [7, 11) is -4.13. The lowest BCUT2D eigenvalue weighted by Crippen LogP contribution is -2.48. The van der Waals surface area contributed by atoms with Crippen LogP contribution in [-0.2, 0) is 25.0 Å². The lowest BCUT2D eigenvalue weighted by atomic mass is 9.74. The van der Waals surface area contributed by atoms with Gasteiger partial charge in [0.15, 0.2) is 0 Å². The second-order valence-electron chi connectivity index (χ2n) is 8.93. The van der Waals surface area contributed by atoms with Crippen molar-refractivity contribution in [3.8, 4) is 5.75 Å². The average molecular weight is 527 g/mol. The molecule has 3 aromatic rings. The van der Waals surface area contributed by atoms with E-state index in [0.29, 0.717) is 32.1 Å². The first-order valence-electron chi connectivity index (χ1n) is 12.3. The molecule has 0 spiro atoms. The molecule has 4 rings (SSSR count). The largest absolute Gasteiger partial charge is 0.494 e. The number of hydrogen-bond donors (Lipinski definition) is 1. The first kappa shape index (κ1) is 26.6. The average Bonchev–Trinajstić information content (AvgIpc) is 2.93. The number of amides is 1. The predicted octanol–water partition coefficient (Wildman–Crippen LogP) is 4.28. The third kappa shape index (κ3) is 6.29. The Kier molecular flexibility index (Phi) is 8.45. The summed E-state index contributed by atoms with van der Waals surface area (Å²) in [4.78, 5) is 13.2. The summed E-state index contributed by atoms with van der Waals surface area (Å²) in [6.45, 7) is 3.34. The first-order valence-corrected chi connectivity index (χ1v) is 13.7. The second kappa shape index (κ2) is 11.7. The van der Waals surface area contributed by atoms with E-state index in [1.807, 2.05) is 37.3 Å². The van der Waals surface area contributed by atoms with Gasteiger partial charge in [-0.3, -0.25) is 9.10 Å². The van der Waals surface area contributed by atoms with Crippen molar-refractivity contribution in [2.75, 3.05) is 37.2 Å². The molecule has 0 unspecified atom stereocenters. The van der Waals surface area contributed by atoms with Crippen molar-refractivity contribution >= 4 is 21.6 Å². The molecule has 1 N–H and O–H groups in total. The van der Waals surface area contributed by atoms with Crippen molar-refractivity contribution in [1.82, 2.24) is 5.32 Å². The van der Waals surface area contributed by atoms with E-state index < -0.39 is 28.3 Å². The second-order valence-corrected chi connectivity index (χ2v) is 10.8. The van der Waals surface area contributed by atoms with E-state index in [2.05, 4.69) is 5.32 Å². The number of rotatable bonds is 10. The number of benzene rings is 3. The zero-order valence-electron chi connectivity index (χ0n) is 20.7. The summed E-state index contributed by atoms with van der Waals surface area (Å²) in [5.74, 6) is -0.424. The van der Waals surface area contributed by atoms with E-state index in [1.54, 1.807) is 12.1 Å². The quantitative estimate of drug-likeness (QED) is 0.426. The van der Waals surface area contributed by atoms with E-state index in [4.69, 9.17) is 9.47 Å². The number of anilines is 1. The molecule has 196 valence electrons. The van der Waals surface area contributed by atoms with Crippen molar-refractivity contribution < 1.29 is 27.1 Å². The molecule has 7 nitrogen and oxygen atoms in total. The molecule has 0 atom stereocenters. The summed E-state index contributed by atoms with van der Waals surface area (Å²) in [6, 6.07) is 21.0. The highest BCUT2D eigenvalue weighted by Crippen LogP contribution is 2.34. The minimum absolute atomic E-state index is 0.00161. The van der Waals surface area contributed by atoms with Crippen molar-refractivity contribution in [3.05, 3.63) is 90.2 Å². The van der Waals surface area contributed by atoms with Gasteiger partial charge in [-0.05, 0) is 73.9 Å². The van der Waals surface area contributed by atoms with Crippen LogP contribution in [0.1, 0.15) is 25.3 Å². The molecule has 1 aliphatic rings. The summed E-state index contributed by atoms with van der Waals surface area (Å²) in [6.07, 6.45) is 1.48. The summed E-state index contributed by atoms with van der Waals surface area (Å²) >= 11 is 0. The van der Waals surface area contributed by atoms with Gasteiger partial charge >= 0.3 is 0 Å². The van der Waals surface area contributed by atoms with Crippen LogP contribution < -0.4 is 14.4 Å². The predicted molar refractivity (Wildman–Crippen MR) is 140 cm³/mol. The van der Waals surface area contributed by atoms with Crippen LogP contribution in [0.15, 0.2) is 83.8 Å². The zero-order valence-corrected chi connectivity index (χ0v) is 21.5. The molecule has 9 heteroatoms. The van der Waals surface area contributed by atoms with E-state index in [1.165, 1.54) is 36.4 Å². The molecule has 1 saturated heterocycles. The molecule has 1 aliphatic heterocycles. The number of ether oxygens (including phenoxy) is 2. The minimum atomic E-state index is -4.13. The van der Waals surface area contributed by atoms with Crippen LogP contribution in [0.5, 0.6) is 5.75 Å². The third-order valence-corrected chi connectivity index (χ3v) is 8.37. The van der Waals surface area contributed by atoms with Crippen LogP contribution >= 0.6 is 0 Å². The maximum absolute atomic E-state index is 13.6. The molecule has 0 bridgehead atoms. The molecule has 3 aromatic carbocycles. The van der Waals surface area contributed by atoms with Crippen molar-refractivity contribution in [2.45, 2.75) is 30.1 Å². The molecular weight excluding hydrogens is 495 g/mol. The Hall–Kier alpha value is -3.43. The van der Waals surface area contributed by atoms with E-state index >= 15 is 0 Å². The number of hydrogen-bond acceptors (Lipinski definition) is 5. The lowest BCUT2D eigenvalue weighted by molar-refractivity contribution is -0.120. The first-order chi connectivity index (χ1) is 17.8. The number of carbonyl (C=O) groups excluding carboxylic acids is 1. The Labute approximate surface area is 217 Å². The van der Waals surface area contributed by atoms with Crippen LogP contribution in [0.4, 0.5) is 10.1 Å². The SMILES string of the molecule is CCOc1ccc(S(=O)(=O)N(CC(=O)NCC2(c3ccccc3)CCOCC2)c2ccc(F)cc2)cc1. The van der Waals surface area contributed by atoms with E-state index in [-0.39, 0.29) is 16.0 Å². The smallest absolute Gasteiger partial charge is 0.264 e. The standard InChI is InChI=1S/C28H31FN2O5S/c1-2-36-25-12-14-26(15-13-25)37(33,34)31(24-10-8-23(29)9-11-24)20-27(32)30-21-28(16-18-35-19-17-28)22-6-4-3-5-7-22/h3-15H,2,16-21H2,1H3,(H,30,32). The fourth-order valence-electron chi connectivity index (χ4n) is 4.50. The summed E-state index contributed by atoms with van der Waals surface area (Å²) in [5, 5.41) is 2.96. The maximum atomic E-state index is 13.6. The van der Waals surface area contributed by atoms with Crippen LogP contribution in [0.25, 0.3) is 0 Å². The molecule has 0 radical (unpaired) electrons. The van der Waals surface area contributed by atoms with Gasteiger partial charge in [0, 0.05) is 25.2 Å². The Balaban J connectivity index is 1.57. The van der Waals surface area contributed by atoms with Gasteiger partial charge in [-0.2, -0.15) is 0 Å². The number of nitrogens with zero attached hydrogens (tertiary/aromatic N) is 1. The molecule has 37 heavy (non-hydrogen) atoms. The molecule has 0 aromatic heterocycles. The van der Waals surface area contributed by atoms with Crippen molar-refractivity contribution in [1.29, 1.82) is 0 Å². The maximum Gasteiger partial charge on any atom is 0.264 e. The van der Waals surface area contributed by atoms with Gasteiger partial charge in [-0.15, -0.1) is 0 Å². The van der Waals surface area contributed by atoms with Gasteiger partial charge in [0.1, 0.15) is 18.1 Å². The Morgan fingerprint density at radius 2 is 1.65 bits per heavy atom. The van der Waals surface area contributed by atoms with Crippen molar-refractivity contribution in [2.24, 2.45) is 0 Å². The third-order valence-electron chi connectivity index (χ3n) is 6.58. The van der Waals surface area contributed by atoms with Gasteiger partial charge in [0.25, 0.3) is 10.0 Å². The highest BCUT2D eigenvalue weighted by Gasteiger charge is 2.35. The Bertz CT molecular complexity index is 1280. The van der Waals surface area contributed by atoms with Crippen LogP contribution in [0.2, 0.25) is 0 Å². The topological polar surface area (TPSA) is 84.9 Å². The van der Waals surface area contributed by atoms with Gasteiger partial charge < -0.3 is 14.8 Å². The fourth-order valence-corrected chi connectivity index (χ4v) is 5.92. The van der Waals surface area contributed by atoms with Gasteiger partial charge in [0.2, 0.25) is 5.91 Å². The normalized spacial score (nSPS) is 15.1. The molecule has 0 aliphatic carbocycles. The van der Waals surface area contributed by atoms with E-state index in [0.717, 1.165) is 22.7 Å². The molecule has 1 heterocycles. The minimum Gasteiger partial charge on any atom is -0.494 e. The van der Waals surface area contributed by atoms with E-state index in [9.17, 15) is 17.6 Å². The molecule has 1 amide bonds. The fraction of sp³-hybridized carbons (Fsp3) is 0.321. The van der Waals surface area contributed by atoms with Crippen LogP contribution in [-0.4, -0.2) is 47.2 Å².